The number of benzene rings is 1. The lowest BCUT2D eigenvalue weighted by Crippen LogP contribution is -2.43. The van der Waals surface area contributed by atoms with E-state index in [2.05, 4.69) is 63.7 Å². The van der Waals surface area contributed by atoms with Crippen LogP contribution in [0, 0.1) is 0 Å². The summed E-state index contributed by atoms with van der Waals surface area (Å²) in [7, 11) is 0. The highest BCUT2D eigenvalue weighted by Crippen LogP contribution is 2.50. The van der Waals surface area contributed by atoms with Crippen molar-refractivity contribution in [2.24, 2.45) is 0 Å². The van der Waals surface area contributed by atoms with Gasteiger partial charge in [-0.15, -0.1) is 0 Å². The molecular weight excluding hydrogens is 520 g/mol. The lowest BCUT2D eigenvalue weighted by molar-refractivity contribution is -0.121. The van der Waals surface area contributed by atoms with Crippen molar-refractivity contribution in [3.05, 3.63) is 35.4 Å². The minimum Gasteiger partial charge on any atom is -0.297 e. The van der Waals surface area contributed by atoms with Crippen molar-refractivity contribution < 1.29 is 9.59 Å². The average molecular weight is 530 g/mol. The summed E-state index contributed by atoms with van der Waals surface area (Å²) in [5.41, 5.74) is 2.15. The summed E-state index contributed by atoms with van der Waals surface area (Å²) in [6.07, 6.45) is 0. The first-order valence-electron chi connectivity index (χ1n) is 6.17. The summed E-state index contributed by atoms with van der Waals surface area (Å²) in [5, 5.41) is 0. The van der Waals surface area contributed by atoms with Crippen LogP contribution in [0.25, 0.3) is 0 Å². The van der Waals surface area contributed by atoms with Gasteiger partial charge in [-0.05, 0) is 11.1 Å². The summed E-state index contributed by atoms with van der Waals surface area (Å²) < 4.78 is 0. The first kappa shape index (κ1) is 15.4. The van der Waals surface area contributed by atoms with Gasteiger partial charge in [0, 0.05) is 11.8 Å². The SMILES string of the molecule is O=C1[C@@H](Br)C2c3ccccc3C([C@H](Br)C(=O)[C@@H]2Br)[C@H]1Br. The molecule has 6 heteroatoms. The van der Waals surface area contributed by atoms with Crippen molar-refractivity contribution in [2.75, 3.05) is 0 Å². The number of halogens is 4. The molecule has 0 N–H and O–H groups in total. The van der Waals surface area contributed by atoms with E-state index in [0.717, 1.165) is 11.1 Å². The standard InChI is InChI=1S/C14H10Br4O2/c15-9-7-5-3-1-2-4-6(5)8(11(17)13(9)19)12(18)14(20)10(7)16/h1-4,7-12H/t7?,8?,9-,10+,11+,12-. The summed E-state index contributed by atoms with van der Waals surface area (Å²) in [4.78, 5) is 23.7. The molecule has 2 bridgehead atoms. The molecule has 2 unspecified atom stereocenters. The fraction of sp³-hybridized carbons (Fsp3) is 0.429. The van der Waals surface area contributed by atoms with Crippen LogP contribution in [0.15, 0.2) is 24.3 Å². The Morgan fingerprint density at radius 2 is 0.950 bits per heavy atom. The predicted molar refractivity (Wildman–Crippen MR) is 92.8 cm³/mol. The van der Waals surface area contributed by atoms with Crippen molar-refractivity contribution in [3.63, 3.8) is 0 Å². The van der Waals surface area contributed by atoms with Crippen LogP contribution in [0.2, 0.25) is 0 Å². The fourth-order valence-corrected chi connectivity index (χ4v) is 8.09. The molecule has 0 amide bonds. The Labute approximate surface area is 150 Å². The maximum atomic E-state index is 12.6. The third-order valence-electron chi connectivity index (χ3n) is 4.06. The van der Waals surface area contributed by atoms with Crippen LogP contribution in [0.5, 0.6) is 0 Å². The minimum absolute atomic E-state index is 0.0950. The van der Waals surface area contributed by atoms with Gasteiger partial charge < -0.3 is 0 Å². The minimum atomic E-state index is -0.369. The van der Waals surface area contributed by atoms with E-state index < -0.39 is 0 Å². The molecule has 106 valence electrons. The summed E-state index contributed by atoms with van der Waals surface area (Å²) >= 11 is 14.1. The van der Waals surface area contributed by atoms with Crippen molar-refractivity contribution in [1.29, 1.82) is 0 Å². The zero-order valence-corrected chi connectivity index (χ0v) is 16.4. The van der Waals surface area contributed by atoms with Crippen LogP contribution in [0.4, 0.5) is 0 Å². The Kier molecular flexibility index (Phi) is 4.30. The Morgan fingerprint density at radius 1 is 0.650 bits per heavy atom. The summed E-state index contributed by atoms with van der Waals surface area (Å²) in [6, 6.07) is 7.96. The van der Waals surface area contributed by atoms with Gasteiger partial charge in [0.15, 0.2) is 11.6 Å². The highest BCUT2D eigenvalue weighted by Gasteiger charge is 2.52. The largest absolute Gasteiger partial charge is 0.297 e. The maximum Gasteiger partial charge on any atom is 0.161 e. The van der Waals surface area contributed by atoms with E-state index in [0.29, 0.717) is 0 Å². The van der Waals surface area contributed by atoms with Gasteiger partial charge in [0.1, 0.15) is 0 Å². The van der Waals surface area contributed by atoms with Crippen molar-refractivity contribution >= 4 is 75.3 Å². The number of hydrogen-bond donors (Lipinski definition) is 0. The molecule has 0 spiro atoms. The second-order valence-electron chi connectivity index (χ2n) is 5.09. The van der Waals surface area contributed by atoms with Gasteiger partial charge in [0.05, 0.1) is 19.3 Å². The van der Waals surface area contributed by atoms with E-state index in [1.165, 1.54) is 0 Å². The molecule has 0 saturated heterocycles. The quantitative estimate of drug-likeness (QED) is 0.475. The molecule has 2 aliphatic carbocycles. The van der Waals surface area contributed by atoms with Crippen LogP contribution in [0.3, 0.4) is 0 Å². The van der Waals surface area contributed by atoms with E-state index in [9.17, 15) is 9.59 Å². The van der Waals surface area contributed by atoms with Gasteiger partial charge in [-0.25, -0.2) is 0 Å². The number of alkyl halides is 4. The highest BCUT2D eigenvalue weighted by atomic mass is 79.9. The third-order valence-corrected chi connectivity index (χ3v) is 8.15. The van der Waals surface area contributed by atoms with Gasteiger partial charge in [-0.1, -0.05) is 88.0 Å². The second-order valence-corrected chi connectivity index (χ2v) is 9.04. The number of carbonyl (C=O) groups is 2. The second kappa shape index (κ2) is 5.60. The molecule has 3 rings (SSSR count). The molecule has 1 aromatic carbocycles. The monoisotopic (exact) mass is 526 g/mol. The molecule has 0 radical (unpaired) electrons. The predicted octanol–water partition coefficient (Wildman–Crippen LogP) is 4.07. The van der Waals surface area contributed by atoms with Gasteiger partial charge >= 0.3 is 0 Å². The number of ketones is 2. The molecule has 1 aromatic rings. The van der Waals surface area contributed by atoms with Crippen molar-refractivity contribution in [3.8, 4) is 0 Å². The highest BCUT2D eigenvalue weighted by molar-refractivity contribution is 9.11. The molecule has 20 heavy (non-hydrogen) atoms. The third kappa shape index (κ3) is 2.13. The van der Waals surface area contributed by atoms with Crippen LogP contribution < -0.4 is 0 Å². The Morgan fingerprint density at radius 3 is 1.25 bits per heavy atom. The van der Waals surface area contributed by atoms with Gasteiger partial charge in [-0.2, -0.15) is 0 Å². The number of rotatable bonds is 0. The maximum absolute atomic E-state index is 12.6. The molecule has 2 nitrogen and oxygen atoms in total. The van der Waals surface area contributed by atoms with Crippen LogP contribution in [-0.2, 0) is 9.59 Å². The van der Waals surface area contributed by atoms with E-state index in [1.807, 2.05) is 24.3 Å². The van der Waals surface area contributed by atoms with Crippen molar-refractivity contribution in [1.82, 2.24) is 0 Å². The first-order valence-corrected chi connectivity index (χ1v) is 9.84. The Balaban J connectivity index is 2.31. The topological polar surface area (TPSA) is 34.1 Å². The molecule has 0 saturated carbocycles. The average Bonchev–Trinajstić information content (AvgIpc) is 2.58. The molecule has 0 aliphatic heterocycles. The van der Waals surface area contributed by atoms with Gasteiger partial charge in [0.2, 0.25) is 0 Å². The molecule has 0 fully saturated rings. The number of hydrogen-bond acceptors (Lipinski definition) is 2. The van der Waals surface area contributed by atoms with Gasteiger partial charge in [-0.3, -0.25) is 9.59 Å². The van der Waals surface area contributed by atoms with E-state index in [4.69, 9.17) is 0 Å². The molecule has 6 atom stereocenters. The van der Waals surface area contributed by atoms with Gasteiger partial charge in [0.25, 0.3) is 0 Å². The normalized spacial score (nSPS) is 40.2. The van der Waals surface area contributed by atoms with E-state index in [-0.39, 0.29) is 42.7 Å². The van der Waals surface area contributed by atoms with E-state index in [1.54, 1.807) is 0 Å². The van der Waals surface area contributed by atoms with Crippen LogP contribution in [0.1, 0.15) is 23.0 Å². The summed E-state index contributed by atoms with van der Waals surface area (Å²) in [6.45, 7) is 0. The summed E-state index contributed by atoms with van der Waals surface area (Å²) in [5.74, 6) is -0.173. The Hall–Kier alpha value is 0.480. The molecule has 2 aliphatic rings. The zero-order valence-electron chi connectivity index (χ0n) is 10.1. The van der Waals surface area contributed by atoms with E-state index >= 15 is 0 Å². The fourth-order valence-electron chi connectivity index (χ4n) is 3.06. The smallest absolute Gasteiger partial charge is 0.161 e. The zero-order chi connectivity index (χ0) is 14.6. The van der Waals surface area contributed by atoms with Crippen LogP contribution in [-0.4, -0.2) is 30.9 Å². The molecule has 0 heterocycles. The first-order chi connectivity index (χ1) is 9.45. The lowest BCUT2D eigenvalue weighted by atomic mass is 9.88. The number of carbonyl (C=O) groups excluding carboxylic acids is 2. The Bertz CT molecular complexity index is 513. The van der Waals surface area contributed by atoms with Crippen LogP contribution >= 0.6 is 63.7 Å². The lowest BCUT2D eigenvalue weighted by Gasteiger charge is -2.30. The molecule has 0 aromatic heterocycles. The molecular formula is C14H10Br4O2. The van der Waals surface area contributed by atoms with Crippen molar-refractivity contribution in [2.45, 2.75) is 31.1 Å². The number of Topliss-reactive ketones (excluding diaryl/α,β-unsaturated/α-hetero) is 2.